The number of ether oxygens (including phenoxy) is 1. The van der Waals surface area contributed by atoms with Gasteiger partial charge in [-0.05, 0) is 37.8 Å². The molecule has 0 fully saturated rings. The zero-order valence-corrected chi connectivity index (χ0v) is 13.2. The van der Waals surface area contributed by atoms with Crippen molar-refractivity contribution in [3.8, 4) is 5.88 Å². The summed E-state index contributed by atoms with van der Waals surface area (Å²) in [6.45, 7) is 14.8. The zero-order chi connectivity index (χ0) is 14.4. The number of nitrogens with zero attached hydrogens (tertiary/aromatic N) is 1. The van der Waals surface area contributed by atoms with Crippen LogP contribution in [0.15, 0.2) is 12.1 Å². The van der Waals surface area contributed by atoms with Gasteiger partial charge >= 0.3 is 0 Å². The van der Waals surface area contributed by atoms with Crippen LogP contribution in [0.4, 0.5) is 0 Å². The average molecular weight is 264 g/mol. The Morgan fingerprint density at radius 1 is 1.16 bits per heavy atom. The van der Waals surface area contributed by atoms with Crippen molar-refractivity contribution in [1.82, 2.24) is 10.3 Å². The Morgan fingerprint density at radius 3 is 2.37 bits per heavy atom. The Kier molecular flexibility index (Phi) is 6.29. The monoisotopic (exact) mass is 264 g/mol. The Bertz CT molecular complexity index is 388. The molecule has 0 aliphatic rings. The quantitative estimate of drug-likeness (QED) is 0.817. The number of rotatable bonds is 7. The van der Waals surface area contributed by atoms with E-state index < -0.39 is 0 Å². The van der Waals surface area contributed by atoms with Gasteiger partial charge in [0.15, 0.2) is 0 Å². The molecule has 1 heterocycles. The molecule has 0 bridgehead atoms. The number of pyridine rings is 1. The van der Waals surface area contributed by atoms with E-state index in [2.05, 4.69) is 51.0 Å². The van der Waals surface area contributed by atoms with E-state index in [1.54, 1.807) is 0 Å². The summed E-state index contributed by atoms with van der Waals surface area (Å²) >= 11 is 0. The molecule has 0 spiro atoms. The molecular formula is C16H28N2O. The summed E-state index contributed by atoms with van der Waals surface area (Å²) in [5, 5.41) is 3.44. The van der Waals surface area contributed by atoms with Crippen molar-refractivity contribution in [1.29, 1.82) is 0 Å². The van der Waals surface area contributed by atoms with Crippen molar-refractivity contribution in [3.63, 3.8) is 0 Å². The second-order valence-corrected chi connectivity index (χ2v) is 5.99. The van der Waals surface area contributed by atoms with Gasteiger partial charge in [0.05, 0.1) is 6.10 Å². The summed E-state index contributed by atoms with van der Waals surface area (Å²) in [6, 6.07) is 4.08. The molecular weight excluding hydrogens is 236 g/mol. The standard InChI is InChI=1S/C16H28N2O/c1-11(2)9-17-10-15-7-8-16(18-13(15)5)19-14(6)12(3)4/h7-8,11-12,14,17H,9-10H2,1-6H3. The lowest BCUT2D eigenvalue weighted by Crippen LogP contribution is -2.21. The molecule has 0 saturated heterocycles. The van der Waals surface area contributed by atoms with Crippen molar-refractivity contribution < 1.29 is 4.74 Å². The molecule has 0 amide bonds. The summed E-state index contributed by atoms with van der Waals surface area (Å²) in [5.41, 5.74) is 2.29. The number of hydrogen-bond donors (Lipinski definition) is 1. The SMILES string of the molecule is Cc1nc(OC(C)C(C)C)ccc1CNCC(C)C. The van der Waals surface area contributed by atoms with Gasteiger partial charge in [-0.1, -0.05) is 33.8 Å². The first kappa shape index (κ1) is 16.0. The molecule has 1 rings (SSSR count). The molecule has 19 heavy (non-hydrogen) atoms. The molecule has 108 valence electrons. The number of aromatic nitrogens is 1. The van der Waals surface area contributed by atoms with Crippen molar-refractivity contribution in [2.24, 2.45) is 11.8 Å². The molecule has 0 saturated carbocycles. The van der Waals surface area contributed by atoms with Crippen molar-refractivity contribution in [3.05, 3.63) is 23.4 Å². The number of aryl methyl sites for hydroxylation is 1. The zero-order valence-electron chi connectivity index (χ0n) is 13.2. The Hall–Kier alpha value is -1.09. The lowest BCUT2D eigenvalue weighted by Gasteiger charge is -2.18. The summed E-state index contributed by atoms with van der Waals surface area (Å²) in [5.74, 6) is 1.89. The molecule has 1 N–H and O–H groups in total. The van der Waals surface area contributed by atoms with Crippen LogP contribution < -0.4 is 10.1 Å². The lowest BCUT2D eigenvalue weighted by molar-refractivity contribution is 0.163. The molecule has 0 aliphatic heterocycles. The predicted molar refractivity (Wildman–Crippen MR) is 80.4 cm³/mol. The lowest BCUT2D eigenvalue weighted by atomic mass is 10.1. The summed E-state index contributed by atoms with van der Waals surface area (Å²) in [6.07, 6.45) is 0.191. The van der Waals surface area contributed by atoms with E-state index in [0.29, 0.717) is 11.8 Å². The van der Waals surface area contributed by atoms with Crippen LogP contribution in [0.2, 0.25) is 0 Å². The van der Waals surface area contributed by atoms with Crippen LogP contribution in [0, 0.1) is 18.8 Å². The minimum Gasteiger partial charge on any atom is -0.474 e. The summed E-state index contributed by atoms with van der Waals surface area (Å²) < 4.78 is 5.82. The van der Waals surface area contributed by atoms with Gasteiger partial charge in [0.25, 0.3) is 0 Å². The predicted octanol–water partition coefficient (Wildman–Crippen LogP) is 3.56. The Morgan fingerprint density at radius 2 is 1.84 bits per heavy atom. The fourth-order valence-corrected chi connectivity index (χ4v) is 1.64. The molecule has 0 radical (unpaired) electrons. The molecule has 1 aromatic heterocycles. The van der Waals surface area contributed by atoms with Gasteiger partial charge in [-0.25, -0.2) is 4.98 Å². The smallest absolute Gasteiger partial charge is 0.213 e. The molecule has 1 atom stereocenters. The van der Waals surface area contributed by atoms with Crippen LogP contribution in [0.5, 0.6) is 5.88 Å². The molecule has 3 nitrogen and oxygen atoms in total. The third-order valence-electron chi connectivity index (χ3n) is 3.28. The second-order valence-electron chi connectivity index (χ2n) is 5.99. The van der Waals surface area contributed by atoms with Crippen LogP contribution in [-0.2, 0) is 6.54 Å². The van der Waals surface area contributed by atoms with Gasteiger partial charge < -0.3 is 10.1 Å². The van der Waals surface area contributed by atoms with E-state index in [-0.39, 0.29) is 6.10 Å². The van der Waals surface area contributed by atoms with E-state index in [0.717, 1.165) is 24.7 Å². The van der Waals surface area contributed by atoms with Gasteiger partial charge in [-0.15, -0.1) is 0 Å². The first-order valence-electron chi connectivity index (χ1n) is 7.24. The van der Waals surface area contributed by atoms with E-state index in [1.807, 2.05) is 13.0 Å². The average Bonchev–Trinajstić information content (AvgIpc) is 2.31. The number of hydrogen-bond acceptors (Lipinski definition) is 3. The maximum atomic E-state index is 5.82. The van der Waals surface area contributed by atoms with E-state index in [4.69, 9.17) is 4.74 Å². The largest absolute Gasteiger partial charge is 0.474 e. The summed E-state index contributed by atoms with van der Waals surface area (Å²) in [7, 11) is 0. The first-order valence-corrected chi connectivity index (χ1v) is 7.24. The second kappa shape index (κ2) is 7.49. The van der Waals surface area contributed by atoms with Crippen LogP contribution in [0.25, 0.3) is 0 Å². The van der Waals surface area contributed by atoms with Gasteiger partial charge in [0, 0.05) is 18.3 Å². The minimum absolute atomic E-state index is 0.191. The maximum absolute atomic E-state index is 5.82. The molecule has 0 aromatic carbocycles. The number of nitrogens with one attached hydrogen (secondary N) is 1. The van der Waals surface area contributed by atoms with E-state index in [1.165, 1.54) is 5.56 Å². The topological polar surface area (TPSA) is 34.1 Å². The van der Waals surface area contributed by atoms with Crippen LogP contribution in [0.1, 0.15) is 45.9 Å². The highest BCUT2D eigenvalue weighted by molar-refractivity contribution is 5.25. The Balaban J connectivity index is 2.59. The maximum Gasteiger partial charge on any atom is 0.213 e. The van der Waals surface area contributed by atoms with Crippen LogP contribution >= 0.6 is 0 Å². The van der Waals surface area contributed by atoms with Crippen LogP contribution in [-0.4, -0.2) is 17.6 Å². The molecule has 3 heteroatoms. The molecule has 1 unspecified atom stereocenters. The highest BCUT2D eigenvalue weighted by Crippen LogP contribution is 2.16. The van der Waals surface area contributed by atoms with Crippen molar-refractivity contribution in [2.45, 2.75) is 54.2 Å². The molecule has 1 aromatic rings. The summed E-state index contributed by atoms with van der Waals surface area (Å²) in [4.78, 5) is 4.53. The Labute approximate surface area is 117 Å². The van der Waals surface area contributed by atoms with Gasteiger partial charge in [-0.2, -0.15) is 0 Å². The first-order chi connectivity index (χ1) is 8.90. The van der Waals surface area contributed by atoms with Crippen molar-refractivity contribution >= 4 is 0 Å². The van der Waals surface area contributed by atoms with Gasteiger partial charge in [0.2, 0.25) is 5.88 Å². The fourth-order valence-electron chi connectivity index (χ4n) is 1.64. The van der Waals surface area contributed by atoms with Gasteiger partial charge in [-0.3, -0.25) is 0 Å². The van der Waals surface area contributed by atoms with Crippen LogP contribution in [0.3, 0.4) is 0 Å². The molecule has 0 aliphatic carbocycles. The third-order valence-corrected chi connectivity index (χ3v) is 3.28. The van der Waals surface area contributed by atoms with E-state index in [9.17, 15) is 0 Å². The fraction of sp³-hybridized carbons (Fsp3) is 0.688. The minimum atomic E-state index is 0.191. The normalized spacial score (nSPS) is 13.1. The highest BCUT2D eigenvalue weighted by Gasteiger charge is 2.10. The van der Waals surface area contributed by atoms with Crippen molar-refractivity contribution in [2.75, 3.05) is 6.54 Å². The van der Waals surface area contributed by atoms with Gasteiger partial charge in [0.1, 0.15) is 0 Å². The third kappa shape index (κ3) is 5.60. The van der Waals surface area contributed by atoms with E-state index >= 15 is 0 Å². The highest BCUT2D eigenvalue weighted by atomic mass is 16.5.